The number of nitrogens with zero attached hydrogens (tertiary/aromatic N) is 2. The van der Waals surface area contributed by atoms with E-state index in [0.29, 0.717) is 24.1 Å². The van der Waals surface area contributed by atoms with E-state index in [4.69, 9.17) is 21.3 Å². The van der Waals surface area contributed by atoms with E-state index in [1.807, 2.05) is 68.4 Å². The number of ether oxygens (including phenoxy) is 1. The predicted molar refractivity (Wildman–Crippen MR) is 102 cm³/mol. The van der Waals surface area contributed by atoms with Gasteiger partial charge in [0.25, 0.3) is 0 Å². The van der Waals surface area contributed by atoms with Crippen LogP contribution in [0.5, 0.6) is 0 Å². The first kappa shape index (κ1) is 17.4. The Kier molecular flexibility index (Phi) is 5.64. The summed E-state index contributed by atoms with van der Waals surface area (Å²) in [5.74, 6) is 1.44. The molecule has 0 aliphatic heterocycles. The fraction of sp³-hybridized carbons (Fsp3) is 0.200. The molecular weight excluding hydrogens is 334 g/mol. The second kappa shape index (κ2) is 8.10. The van der Waals surface area contributed by atoms with Crippen LogP contribution in [-0.4, -0.2) is 16.6 Å². The van der Waals surface area contributed by atoms with Crippen molar-refractivity contribution in [1.82, 2.24) is 9.97 Å². The van der Waals surface area contributed by atoms with Gasteiger partial charge in [0.1, 0.15) is 5.82 Å². The minimum atomic E-state index is 0.466. The maximum Gasteiger partial charge on any atom is 0.161 e. The van der Waals surface area contributed by atoms with Gasteiger partial charge in [0.05, 0.1) is 6.61 Å². The van der Waals surface area contributed by atoms with Crippen molar-refractivity contribution in [3.63, 3.8) is 0 Å². The second-order valence-corrected chi connectivity index (χ2v) is 6.03. The zero-order valence-electron chi connectivity index (χ0n) is 14.3. The smallest absolute Gasteiger partial charge is 0.161 e. The molecule has 0 amide bonds. The van der Waals surface area contributed by atoms with Crippen molar-refractivity contribution in [2.45, 2.75) is 20.5 Å². The number of benzene rings is 2. The Balaban J connectivity index is 2.02. The van der Waals surface area contributed by atoms with Gasteiger partial charge in [-0.25, -0.2) is 9.97 Å². The van der Waals surface area contributed by atoms with Crippen LogP contribution in [0, 0.1) is 6.92 Å². The molecule has 0 atom stereocenters. The Bertz CT molecular complexity index is 836. The summed E-state index contributed by atoms with van der Waals surface area (Å²) in [4.78, 5) is 9.40. The van der Waals surface area contributed by atoms with E-state index in [2.05, 4.69) is 10.3 Å². The van der Waals surface area contributed by atoms with Crippen LogP contribution in [-0.2, 0) is 11.3 Å². The summed E-state index contributed by atoms with van der Waals surface area (Å²) in [7, 11) is 0. The molecule has 3 aromatic rings. The third-order valence-corrected chi connectivity index (χ3v) is 4.06. The Morgan fingerprint density at radius 2 is 1.72 bits per heavy atom. The zero-order chi connectivity index (χ0) is 17.6. The molecule has 0 spiro atoms. The van der Waals surface area contributed by atoms with Crippen molar-refractivity contribution in [1.29, 1.82) is 0 Å². The fourth-order valence-electron chi connectivity index (χ4n) is 2.46. The highest BCUT2D eigenvalue weighted by Gasteiger charge is 2.13. The number of rotatable bonds is 6. The van der Waals surface area contributed by atoms with Crippen molar-refractivity contribution in [3.8, 4) is 11.4 Å². The largest absolute Gasteiger partial charge is 0.377 e. The van der Waals surface area contributed by atoms with E-state index < -0.39 is 0 Å². The van der Waals surface area contributed by atoms with Gasteiger partial charge in [-0.3, -0.25) is 0 Å². The highest BCUT2D eigenvalue weighted by molar-refractivity contribution is 6.30. The Morgan fingerprint density at radius 1 is 1.00 bits per heavy atom. The minimum absolute atomic E-state index is 0.466. The third-order valence-electron chi connectivity index (χ3n) is 3.80. The monoisotopic (exact) mass is 353 g/mol. The number of aryl methyl sites for hydroxylation is 1. The van der Waals surface area contributed by atoms with Gasteiger partial charge in [-0.15, -0.1) is 0 Å². The van der Waals surface area contributed by atoms with E-state index >= 15 is 0 Å². The van der Waals surface area contributed by atoms with E-state index in [0.717, 1.165) is 28.3 Å². The lowest BCUT2D eigenvalue weighted by molar-refractivity contribution is 0.133. The van der Waals surface area contributed by atoms with Crippen molar-refractivity contribution in [3.05, 3.63) is 70.9 Å². The molecule has 1 aromatic heterocycles. The number of aromatic nitrogens is 2. The molecule has 0 radical (unpaired) electrons. The van der Waals surface area contributed by atoms with Crippen LogP contribution in [0.2, 0.25) is 5.02 Å². The molecule has 128 valence electrons. The molecule has 0 saturated carbocycles. The lowest BCUT2D eigenvalue weighted by Gasteiger charge is -2.15. The van der Waals surface area contributed by atoms with Gasteiger partial charge in [0.2, 0.25) is 0 Å². The maximum atomic E-state index is 5.97. The summed E-state index contributed by atoms with van der Waals surface area (Å²) in [5.41, 5.74) is 3.75. The predicted octanol–water partition coefficient (Wildman–Crippen LogP) is 5.39. The number of hydrogen-bond acceptors (Lipinski definition) is 4. The van der Waals surface area contributed by atoms with Crippen molar-refractivity contribution in [2.24, 2.45) is 0 Å². The van der Waals surface area contributed by atoms with Crippen LogP contribution < -0.4 is 5.32 Å². The summed E-state index contributed by atoms with van der Waals surface area (Å²) in [6.07, 6.45) is 0. The van der Waals surface area contributed by atoms with Crippen LogP contribution in [0.25, 0.3) is 11.4 Å². The molecule has 5 heteroatoms. The Labute approximate surface area is 152 Å². The lowest BCUT2D eigenvalue weighted by atomic mass is 10.1. The van der Waals surface area contributed by atoms with Gasteiger partial charge in [-0.1, -0.05) is 41.9 Å². The number of halogens is 1. The molecule has 0 aliphatic rings. The standard InChI is InChI=1S/C20H20ClN3O/c1-3-25-13-18-14(2)22-19(15-7-5-4-6-8-15)24-20(18)23-17-11-9-16(21)10-12-17/h4-12H,3,13H2,1-2H3,(H,22,23,24). The van der Waals surface area contributed by atoms with Gasteiger partial charge in [-0.2, -0.15) is 0 Å². The highest BCUT2D eigenvalue weighted by atomic mass is 35.5. The van der Waals surface area contributed by atoms with Crippen molar-refractivity contribution >= 4 is 23.1 Å². The summed E-state index contributed by atoms with van der Waals surface area (Å²) < 4.78 is 5.60. The normalized spacial score (nSPS) is 10.7. The van der Waals surface area contributed by atoms with Gasteiger partial charge in [0, 0.05) is 34.1 Å². The molecule has 0 saturated heterocycles. The zero-order valence-corrected chi connectivity index (χ0v) is 15.0. The first-order chi connectivity index (χ1) is 12.2. The van der Waals surface area contributed by atoms with Crippen molar-refractivity contribution < 1.29 is 4.74 Å². The molecule has 25 heavy (non-hydrogen) atoms. The SMILES string of the molecule is CCOCc1c(C)nc(-c2ccccc2)nc1Nc1ccc(Cl)cc1. The molecule has 0 fully saturated rings. The minimum Gasteiger partial charge on any atom is -0.377 e. The summed E-state index contributed by atoms with van der Waals surface area (Å²) in [6, 6.07) is 17.5. The van der Waals surface area contributed by atoms with Gasteiger partial charge in [-0.05, 0) is 38.1 Å². The second-order valence-electron chi connectivity index (χ2n) is 5.59. The summed E-state index contributed by atoms with van der Waals surface area (Å²) in [5, 5.41) is 4.07. The van der Waals surface area contributed by atoms with E-state index in [-0.39, 0.29) is 0 Å². The molecule has 3 rings (SSSR count). The molecule has 4 nitrogen and oxygen atoms in total. The van der Waals surface area contributed by atoms with Gasteiger partial charge < -0.3 is 10.1 Å². The van der Waals surface area contributed by atoms with Gasteiger partial charge >= 0.3 is 0 Å². The number of anilines is 2. The van der Waals surface area contributed by atoms with Crippen LogP contribution in [0.3, 0.4) is 0 Å². The van der Waals surface area contributed by atoms with E-state index in [9.17, 15) is 0 Å². The van der Waals surface area contributed by atoms with Crippen molar-refractivity contribution in [2.75, 3.05) is 11.9 Å². The first-order valence-electron chi connectivity index (χ1n) is 8.20. The quantitative estimate of drug-likeness (QED) is 0.645. The molecule has 2 aromatic carbocycles. The molecule has 0 unspecified atom stereocenters. The maximum absolute atomic E-state index is 5.97. The van der Waals surface area contributed by atoms with Crippen LogP contribution in [0.4, 0.5) is 11.5 Å². The lowest BCUT2D eigenvalue weighted by Crippen LogP contribution is -2.07. The Hall–Kier alpha value is -2.43. The number of hydrogen-bond donors (Lipinski definition) is 1. The van der Waals surface area contributed by atoms with Crippen LogP contribution >= 0.6 is 11.6 Å². The molecule has 1 heterocycles. The highest BCUT2D eigenvalue weighted by Crippen LogP contribution is 2.26. The van der Waals surface area contributed by atoms with Crippen LogP contribution in [0.1, 0.15) is 18.2 Å². The first-order valence-corrected chi connectivity index (χ1v) is 8.58. The van der Waals surface area contributed by atoms with E-state index in [1.54, 1.807) is 0 Å². The summed E-state index contributed by atoms with van der Waals surface area (Å²) in [6.45, 7) is 5.06. The van der Waals surface area contributed by atoms with Gasteiger partial charge in [0.15, 0.2) is 5.82 Å². The number of nitrogens with one attached hydrogen (secondary N) is 1. The average Bonchev–Trinajstić information content (AvgIpc) is 2.63. The molecule has 0 aliphatic carbocycles. The molecular formula is C20H20ClN3O. The Morgan fingerprint density at radius 3 is 2.40 bits per heavy atom. The van der Waals surface area contributed by atoms with Crippen LogP contribution in [0.15, 0.2) is 54.6 Å². The summed E-state index contributed by atoms with van der Waals surface area (Å²) >= 11 is 5.97. The molecule has 0 bridgehead atoms. The topological polar surface area (TPSA) is 47.0 Å². The molecule has 1 N–H and O–H groups in total. The third kappa shape index (κ3) is 4.35. The fourth-order valence-corrected chi connectivity index (χ4v) is 2.59. The average molecular weight is 354 g/mol. The van der Waals surface area contributed by atoms with E-state index in [1.165, 1.54) is 0 Å².